The van der Waals surface area contributed by atoms with Crippen LogP contribution in [0, 0.1) is 11.8 Å². The fourth-order valence-corrected chi connectivity index (χ4v) is 2.86. The van der Waals surface area contributed by atoms with Gasteiger partial charge in [0.15, 0.2) is 6.04 Å². The van der Waals surface area contributed by atoms with E-state index in [9.17, 15) is 14.4 Å². The van der Waals surface area contributed by atoms with Crippen LogP contribution >= 0.6 is 0 Å². The maximum absolute atomic E-state index is 12.5. The molecule has 2 rings (SSSR count). The van der Waals surface area contributed by atoms with Crippen molar-refractivity contribution >= 4 is 17.8 Å². The second-order valence-electron chi connectivity index (χ2n) is 5.19. The molecule has 20 heavy (non-hydrogen) atoms. The molecule has 0 aromatic rings. The largest absolute Gasteiger partial charge is 0.481 e. The first-order chi connectivity index (χ1) is 9.54. The molecule has 7 nitrogen and oxygen atoms in total. The van der Waals surface area contributed by atoms with E-state index in [-0.39, 0.29) is 18.4 Å². The van der Waals surface area contributed by atoms with Gasteiger partial charge in [-0.1, -0.05) is 0 Å². The summed E-state index contributed by atoms with van der Waals surface area (Å²) >= 11 is 0. The van der Waals surface area contributed by atoms with E-state index < -0.39 is 23.9 Å². The SMILES string of the molecule is COC(=O)C1COCCN1C(=O)[C@@H]1CC[C@H](C(=O)O)C1. The van der Waals surface area contributed by atoms with Gasteiger partial charge in [-0.25, -0.2) is 4.79 Å². The van der Waals surface area contributed by atoms with E-state index in [0.717, 1.165) is 0 Å². The van der Waals surface area contributed by atoms with Crippen LogP contribution in [0.3, 0.4) is 0 Å². The lowest BCUT2D eigenvalue weighted by Crippen LogP contribution is -2.54. The number of morpholine rings is 1. The predicted molar refractivity (Wildman–Crippen MR) is 66.8 cm³/mol. The van der Waals surface area contributed by atoms with Crippen molar-refractivity contribution in [2.75, 3.05) is 26.9 Å². The molecule has 7 heteroatoms. The highest BCUT2D eigenvalue weighted by Crippen LogP contribution is 2.33. The van der Waals surface area contributed by atoms with Gasteiger partial charge in [0.05, 0.1) is 26.2 Å². The summed E-state index contributed by atoms with van der Waals surface area (Å²) in [7, 11) is 1.27. The molecule has 2 aliphatic rings. The molecule has 0 spiro atoms. The Morgan fingerprint density at radius 2 is 1.95 bits per heavy atom. The number of hydrogen-bond donors (Lipinski definition) is 1. The molecule has 1 aliphatic heterocycles. The van der Waals surface area contributed by atoms with E-state index in [1.165, 1.54) is 12.0 Å². The van der Waals surface area contributed by atoms with Crippen molar-refractivity contribution in [1.82, 2.24) is 4.90 Å². The number of carbonyl (C=O) groups excluding carboxylic acids is 2. The van der Waals surface area contributed by atoms with E-state index >= 15 is 0 Å². The van der Waals surface area contributed by atoms with Gasteiger partial charge in [-0.05, 0) is 19.3 Å². The third-order valence-corrected chi connectivity index (χ3v) is 4.02. The van der Waals surface area contributed by atoms with E-state index in [4.69, 9.17) is 9.84 Å². The maximum Gasteiger partial charge on any atom is 0.331 e. The average Bonchev–Trinajstić information content (AvgIpc) is 2.95. The topological polar surface area (TPSA) is 93.1 Å². The summed E-state index contributed by atoms with van der Waals surface area (Å²) in [6.45, 7) is 0.856. The highest BCUT2D eigenvalue weighted by Gasteiger charge is 2.40. The predicted octanol–water partition coefficient (Wildman–Crippen LogP) is -0.112. The molecular formula is C13H19NO6. The molecule has 0 bridgehead atoms. The number of carboxylic acids is 1. The highest BCUT2D eigenvalue weighted by atomic mass is 16.5. The first kappa shape index (κ1) is 14.8. The first-order valence-electron chi connectivity index (χ1n) is 6.73. The summed E-state index contributed by atoms with van der Waals surface area (Å²) in [6.07, 6.45) is 1.42. The number of nitrogens with zero attached hydrogens (tertiary/aromatic N) is 1. The molecule has 1 N–H and O–H groups in total. The fraction of sp³-hybridized carbons (Fsp3) is 0.769. The third kappa shape index (κ3) is 2.92. The molecule has 1 saturated heterocycles. The number of carbonyl (C=O) groups is 3. The van der Waals surface area contributed by atoms with Gasteiger partial charge in [0.2, 0.25) is 5.91 Å². The first-order valence-corrected chi connectivity index (χ1v) is 6.73. The summed E-state index contributed by atoms with van der Waals surface area (Å²) in [5.74, 6) is -2.28. The van der Waals surface area contributed by atoms with Crippen molar-refractivity contribution < 1.29 is 29.0 Å². The molecule has 1 aliphatic carbocycles. The minimum atomic E-state index is -0.855. The lowest BCUT2D eigenvalue weighted by atomic mass is 10.0. The number of ether oxygens (including phenoxy) is 2. The molecule has 3 atom stereocenters. The second kappa shape index (κ2) is 6.21. The van der Waals surface area contributed by atoms with Gasteiger partial charge >= 0.3 is 11.9 Å². The summed E-state index contributed by atoms with van der Waals surface area (Å²) in [5, 5.41) is 8.98. The lowest BCUT2D eigenvalue weighted by Gasteiger charge is -2.35. The van der Waals surface area contributed by atoms with Crippen molar-refractivity contribution in [2.45, 2.75) is 25.3 Å². The number of hydrogen-bond acceptors (Lipinski definition) is 5. The van der Waals surface area contributed by atoms with Crippen molar-refractivity contribution in [2.24, 2.45) is 11.8 Å². The van der Waals surface area contributed by atoms with Gasteiger partial charge in [0.1, 0.15) is 0 Å². The Kier molecular flexibility index (Phi) is 4.59. The Morgan fingerprint density at radius 1 is 1.25 bits per heavy atom. The van der Waals surface area contributed by atoms with E-state index in [2.05, 4.69) is 4.74 Å². The van der Waals surface area contributed by atoms with E-state index in [0.29, 0.717) is 32.4 Å². The van der Waals surface area contributed by atoms with Crippen molar-refractivity contribution in [3.8, 4) is 0 Å². The number of aliphatic carboxylic acids is 1. The van der Waals surface area contributed by atoms with Crippen LogP contribution in [0.25, 0.3) is 0 Å². The Balaban J connectivity index is 2.03. The minimum absolute atomic E-state index is 0.132. The quantitative estimate of drug-likeness (QED) is 0.727. The van der Waals surface area contributed by atoms with E-state index in [1.807, 2.05) is 0 Å². The zero-order valence-corrected chi connectivity index (χ0v) is 11.4. The van der Waals surface area contributed by atoms with Crippen LogP contribution in [0.5, 0.6) is 0 Å². The van der Waals surface area contributed by atoms with Gasteiger partial charge in [-0.2, -0.15) is 0 Å². The van der Waals surface area contributed by atoms with Crippen LogP contribution in [0.15, 0.2) is 0 Å². The number of amides is 1. The molecule has 2 fully saturated rings. The zero-order chi connectivity index (χ0) is 14.7. The lowest BCUT2D eigenvalue weighted by molar-refractivity contribution is -0.162. The Bertz CT molecular complexity index is 410. The van der Waals surface area contributed by atoms with Crippen LogP contribution < -0.4 is 0 Å². The normalized spacial score (nSPS) is 30.1. The molecule has 0 aromatic heterocycles. The molecule has 1 saturated carbocycles. The second-order valence-corrected chi connectivity index (χ2v) is 5.19. The number of rotatable bonds is 3. The Morgan fingerprint density at radius 3 is 2.55 bits per heavy atom. The van der Waals surface area contributed by atoms with Gasteiger partial charge in [0.25, 0.3) is 0 Å². The highest BCUT2D eigenvalue weighted by molar-refractivity contribution is 5.87. The maximum atomic E-state index is 12.5. The van der Waals surface area contributed by atoms with Gasteiger partial charge in [-0.15, -0.1) is 0 Å². The minimum Gasteiger partial charge on any atom is -0.481 e. The number of methoxy groups -OCH3 is 1. The third-order valence-electron chi connectivity index (χ3n) is 4.02. The monoisotopic (exact) mass is 285 g/mol. The molecule has 1 amide bonds. The van der Waals surface area contributed by atoms with Gasteiger partial charge in [-0.3, -0.25) is 9.59 Å². The molecule has 1 unspecified atom stereocenters. The van der Waals surface area contributed by atoms with Crippen LogP contribution in [-0.4, -0.2) is 60.8 Å². The van der Waals surface area contributed by atoms with Gasteiger partial charge in [0, 0.05) is 12.5 Å². The summed E-state index contributed by atoms with van der Waals surface area (Å²) in [4.78, 5) is 36.6. The van der Waals surface area contributed by atoms with E-state index in [1.54, 1.807) is 0 Å². The molecule has 112 valence electrons. The zero-order valence-electron chi connectivity index (χ0n) is 11.4. The van der Waals surface area contributed by atoms with Crippen molar-refractivity contribution in [3.63, 3.8) is 0 Å². The number of carboxylic acid groups (broad SMARTS) is 1. The van der Waals surface area contributed by atoms with Crippen LogP contribution in [-0.2, 0) is 23.9 Å². The smallest absolute Gasteiger partial charge is 0.331 e. The summed E-state index contributed by atoms with van der Waals surface area (Å²) in [6, 6.07) is -0.717. The fourth-order valence-electron chi connectivity index (χ4n) is 2.86. The summed E-state index contributed by atoms with van der Waals surface area (Å²) < 4.78 is 9.90. The van der Waals surface area contributed by atoms with Crippen LogP contribution in [0.2, 0.25) is 0 Å². The molecular weight excluding hydrogens is 266 g/mol. The average molecular weight is 285 g/mol. The van der Waals surface area contributed by atoms with Crippen LogP contribution in [0.4, 0.5) is 0 Å². The number of esters is 1. The Hall–Kier alpha value is -1.63. The standard InChI is InChI=1S/C13H19NO6/c1-19-13(18)10-7-20-5-4-14(10)11(15)8-2-3-9(6-8)12(16)17/h8-10H,2-7H2,1H3,(H,16,17)/t8-,9+,10?/m1/s1. The molecule has 1 heterocycles. The Labute approximate surface area is 116 Å². The molecule has 0 radical (unpaired) electrons. The van der Waals surface area contributed by atoms with Crippen LogP contribution in [0.1, 0.15) is 19.3 Å². The van der Waals surface area contributed by atoms with Gasteiger partial charge < -0.3 is 19.5 Å². The summed E-state index contributed by atoms with van der Waals surface area (Å²) in [5.41, 5.74) is 0. The van der Waals surface area contributed by atoms with Crippen molar-refractivity contribution in [3.05, 3.63) is 0 Å². The van der Waals surface area contributed by atoms with Crippen molar-refractivity contribution in [1.29, 1.82) is 0 Å². The molecule has 0 aromatic carbocycles.